The first-order chi connectivity index (χ1) is 13.8. The van der Waals surface area contributed by atoms with Crippen molar-refractivity contribution in [3.63, 3.8) is 0 Å². The highest BCUT2D eigenvalue weighted by molar-refractivity contribution is 9.10. The lowest BCUT2D eigenvalue weighted by molar-refractivity contribution is -0.137. The molecule has 2 aromatic heterocycles. The number of halogens is 4. The Morgan fingerprint density at radius 3 is 2.62 bits per heavy atom. The fraction of sp³-hybridized carbons (Fsp3) is 0.316. The zero-order valence-electron chi connectivity index (χ0n) is 15.1. The van der Waals surface area contributed by atoms with Crippen molar-refractivity contribution in [1.29, 1.82) is 0 Å². The SMILES string of the molecule is OC1CCN(c2nc(Nc3cccc(C(F)(F)F)c3)c3cncc(Br)c3n2)CC1. The van der Waals surface area contributed by atoms with E-state index >= 15 is 0 Å². The summed E-state index contributed by atoms with van der Waals surface area (Å²) in [5.74, 6) is 0.815. The van der Waals surface area contributed by atoms with Gasteiger partial charge in [0.15, 0.2) is 0 Å². The van der Waals surface area contributed by atoms with Gasteiger partial charge in [0.25, 0.3) is 0 Å². The van der Waals surface area contributed by atoms with Crippen LogP contribution in [0, 0.1) is 0 Å². The van der Waals surface area contributed by atoms with Gasteiger partial charge in [0.2, 0.25) is 5.95 Å². The number of fused-ring (bicyclic) bond motifs is 1. The Hall–Kier alpha value is -2.46. The summed E-state index contributed by atoms with van der Waals surface area (Å²) in [6.45, 7) is 1.19. The molecular weight excluding hydrogens is 451 g/mol. The van der Waals surface area contributed by atoms with Gasteiger partial charge in [-0.15, -0.1) is 0 Å². The second kappa shape index (κ2) is 7.75. The molecular formula is C19H17BrF3N5O. The van der Waals surface area contributed by atoms with E-state index in [0.717, 1.165) is 12.1 Å². The number of benzene rings is 1. The van der Waals surface area contributed by atoms with E-state index in [4.69, 9.17) is 0 Å². The van der Waals surface area contributed by atoms with Gasteiger partial charge in [0, 0.05) is 31.2 Å². The summed E-state index contributed by atoms with van der Waals surface area (Å²) in [4.78, 5) is 15.3. The van der Waals surface area contributed by atoms with Gasteiger partial charge in [0.1, 0.15) is 5.82 Å². The van der Waals surface area contributed by atoms with Crippen LogP contribution in [0.4, 0.5) is 30.6 Å². The standard InChI is InChI=1S/C19H17BrF3N5O/c20-15-10-24-9-14-16(15)26-18(28-6-4-13(29)5-7-28)27-17(14)25-12-3-1-2-11(8-12)19(21,22)23/h1-3,8-10,13,29H,4-7H2,(H,25,26,27). The monoisotopic (exact) mass is 467 g/mol. The van der Waals surface area contributed by atoms with Crippen molar-refractivity contribution in [1.82, 2.24) is 15.0 Å². The minimum atomic E-state index is -4.43. The fourth-order valence-corrected chi connectivity index (χ4v) is 3.63. The van der Waals surface area contributed by atoms with E-state index in [1.54, 1.807) is 18.5 Å². The number of piperidine rings is 1. The van der Waals surface area contributed by atoms with Crippen molar-refractivity contribution in [2.45, 2.75) is 25.1 Å². The van der Waals surface area contributed by atoms with Crippen LogP contribution in [-0.2, 0) is 6.18 Å². The van der Waals surface area contributed by atoms with Gasteiger partial charge in [-0.1, -0.05) is 6.07 Å². The van der Waals surface area contributed by atoms with Gasteiger partial charge >= 0.3 is 6.18 Å². The van der Waals surface area contributed by atoms with Crippen molar-refractivity contribution >= 4 is 44.3 Å². The third-order valence-corrected chi connectivity index (χ3v) is 5.33. The van der Waals surface area contributed by atoms with Crippen LogP contribution >= 0.6 is 15.9 Å². The van der Waals surface area contributed by atoms with Crippen LogP contribution in [0.1, 0.15) is 18.4 Å². The third kappa shape index (κ3) is 4.27. The summed E-state index contributed by atoms with van der Waals surface area (Å²) in [5, 5.41) is 13.3. The van der Waals surface area contributed by atoms with Gasteiger partial charge < -0.3 is 15.3 Å². The number of nitrogens with zero attached hydrogens (tertiary/aromatic N) is 4. The molecule has 0 unspecified atom stereocenters. The van der Waals surface area contributed by atoms with E-state index in [1.807, 2.05) is 4.90 Å². The average Bonchev–Trinajstić information content (AvgIpc) is 2.69. The van der Waals surface area contributed by atoms with E-state index in [2.05, 4.69) is 36.2 Å². The van der Waals surface area contributed by atoms with Crippen LogP contribution in [0.2, 0.25) is 0 Å². The van der Waals surface area contributed by atoms with Gasteiger partial charge in [-0.25, -0.2) is 4.98 Å². The number of rotatable bonds is 3. The summed E-state index contributed by atoms with van der Waals surface area (Å²) < 4.78 is 39.8. The molecule has 0 saturated carbocycles. The lowest BCUT2D eigenvalue weighted by atomic mass is 10.1. The minimum absolute atomic E-state index is 0.264. The van der Waals surface area contributed by atoms with Gasteiger partial charge in [-0.3, -0.25) is 4.98 Å². The maximum Gasteiger partial charge on any atom is 0.416 e. The molecule has 10 heteroatoms. The van der Waals surface area contributed by atoms with Crippen molar-refractivity contribution < 1.29 is 18.3 Å². The molecule has 1 aliphatic heterocycles. The minimum Gasteiger partial charge on any atom is -0.393 e. The topological polar surface area (TPSA) is 74.2 Å². The lowest BCUT2D eigenvalue weighted by Crippen LogP contribution is -2.37. The van der Waals surface area contributed by atoms with Gasteiger partial charge in [-0.2, -0.15) is 18.2 Å². The molecule has 152 valence electrons. The Bertz CT molecular complexity index is 1040. The molecule has 1 fully saturated rings. The second-order valence-electron chi connectivity index (χ2n) is 6.81. The molecule has 0 amide bonds. The number of anilines is 3. The largest absolute Gasteiger partial charge is 0.416 e. The summed E-state index contributed by atoms with van der Waals surface area (Å²) in [7, 11) is 0. The fourth-order valence-electron chi connectivity index (χ4n) is 3.21. The van der Waals surface area contributed by atoms with Crippen LogP contribution in [0.5, 0.6) is 0 Å². The van der Waals surface area contributed by atoms with Crippen LogP contribution in [0.3, 0.4) is 0 Å². The highest BCUT2D eigenvalue weighted by Gasteiger charge is 2.30. The molecule has 29 heavy (non-hydrogen) atoms. The van der Waals surface area contributed by atoms with Crippen molar-refractivity contribution in [3.8, 4) is 0 Å². The number of aliphatic hydroxyl groups is 1. The molecule has 0 bridgehead atoms. The Labute approximate surface area is 172 Å². The summed E-state index contributed by atoms with van der Waals surface area (Å²) in [6, 6.07) is 4.95. The Kier molecular flexibility index (Phi) is 5.30. The van der Waals surface area contributed by atoms with Crippen LogP contribution in [0.25, 0.3) is 10.9 Å². The summed E-state index contributed by atoms with van der Waals surface area (Å²) >= 11 is 3.43. The summed E-state index contributed by atoms with van der Waals surface area (Å²) in [5.41, 5.74) is 0.121. The normalized spacial score (nSPS) is 15.7. The number of hydrogen-bond acceptors (Lipinski definition) is 6. The lowest BCUT2D eigenvalue weighted by Gasteiger charge is -2.30. The quantitative estimate of drug-likeness (QED) is 0.590. The van der Waals surface area contributed by atoms with E-state index in [-0.39, 0.29) is 11.8 Å². The molecule has 0 atom stereocenters. The molecule has 4 rings (SSSR count). The maximum absolute atomic E-state index is 13.1. The number of nitrogens with one attached hydrogen (secondary N) is 1. The van der Waals surface area contributed by atoms with Crippen LogP contribution < -0.4 is 10.2 Å². The Morgan fingerprint density at radius 2 is 1.90 bits per heavy atom. The predicted molar refractivity (Wildman–Crippen MR) is 107 cm³/mol. The van der Waals surface area contributed by atoms with E-state index < -0.39 is 11.7 Å². The Morgan fingerprint density at radius 1 is 1.14 bits per heavy atom. The van der Waals surface area contributed by atoms with E-state index in [0.29, 0.717) is 53.1 Å². The smallest absolute Gasteiger partial charge is 0.393 e. The molecule has 2 N–H and O–H groups in total. The molecule has 1 aliphatic rings. The first-order valence-electron chi connectivity index (χ1n) is 9.00. The Balaban J connectivity index is 1.76. The molecule has 1 saturated heterocycles. The third-order valence-electron chi connectivity index (χ3n) is 4.75. The number of hydrogen-bond donors (Lipinski definition) is 2. The molecule has 3 aromatic rings. The number of pyridine rings is 1. The first-order valence-corrected chi connectivity index (χ1v) is 9.79. The number of aliphatic hydroxyl groups excluding tert-OH is 1. The molecule has 3 heterocycles. The predicted octanol–water partition coefficient (Wildman–Crippen LogP) is 4.51. The zero-order valence-corrected chi connectivity index (χ0v) is 16.7. The number of alkyl halides is 3. The van der Waals surface area contributed by atoms with Crippen molar-refractivity contribution in [2.75, 3.05) is 23.3 Å². The average molecular weight is 468 g/mol. The van der Waals surface area contributed by atoms with Gasteiger partial charge in [-0.05, 0) is 47.0 Å². The van der Waals surface area contributed by atoms with Gasteiger partial charge in [0.05, 0.1) is 27.0 Å². The van der Waals surface area contributed by atoms with Crippen molar-refractivity contribution in [2.24, 2.45) is 0 Å². The molecule has 1 aromatic carbocycles. The highest BCUT2D eigenvalue weighted by atomic mass is 79.9. The maximum atomic E-state index is 13.1. The first kappa shape index (κ1) is 19.8. The molecule has 0 spiro atoms. The summed E-state index contributed by atoms with van der Waals surface area (Å²) in [6.07, 6.45) is -0.391. The van der Waals surface area contributed by atoms with E-state index in [9.17, 15) is 18.3 Å². The molecule has 0 radical (unpaired) electrons. The van der Waals surface area contributed by atoms with Crippen LogP contribution in [-0.4, -0.2) is 39.3 Å². The van der Waals surface area contributed by atoms with Crippen LogP contribution in [0.15, 0.2) is 41.1 Å². The molecule has 6 nitrogen and oxygen atoms in total. The van der Waals surface area contributed by atoms with E-state index in [1.165, 1.54) is 6.07 Å². The number of aromatic nitrogens is 3. The molecule has 0 aliphatic carbocycles. The second-order valence-corrected chi connectivity index (χ2v) is 7.67. The van der Waals surface area contributed by atoms with Crippen molar-refractivity contribution in [3.05, 3.63) is 46.7 Å². The zero-order chi connectivity index (χ0) is 20.6. The highest BCUT2D eigenvalue weighted by Crippen LogP contribution is 2.34.